The molecule has 88 valence electrons. The first-order valence-corrected chi connectivity index (χ1v) is 6.39. The van der Waals surface area contributed by atoms with Gasteiger partial charge in [0.05, 0.1) is 0 Å². The van der Waals surface area contributed by atoms with E-state index in [1.54, 1.807) is 0 Å². The molecule has 0 radical (unpaired) electrons. The Morgan fingerprint density at radius 2 is 2.12 bits per heavy atom. The SMILES string of the molecule is O=C(Cc1cccs1)Cc1cc(Cl)ccc1F. The Morgan fingerprint density at radius 3 is 2.82 bits per heavy atom. The lowest BCUT2D eigenvalue weighted by atomic mass is 10.1. The van der Waals surface area contributed by atoms with Crippen molar-refractivity contribution < 1.29 is 9.18 Å². The minimum Gasteiger partial charge on any atom is -0.299 e. The lowest BCUT2D eigenvalue weighted by Crippen LogP contribution is -2.07. The van der Waals surface area contributed by atoms with E-state index in [1.807, 2.05) is 17.5 Å². The normalized spacial score (nSPS) is 10.5. The number of carbonyl (C=O) groups is 1. The first kappa shape index (κ1) is 12.3. The van der Waals surface area contributed by atoms with Gasteiger partial charge in [0.1, 0.15) is 11.6 Å². The number of halogens is 2. The van der Waals surface area contributed by atoms with Crippen molar-refractivity contribution >= 4 is 28.7 Å². The van der Waals surface area contributed by atoms with Crippen LogP contribution in [-0.4, -0.2) is 5.78 Å². The molecule has 0 saturated heterocycles. The van der Waals surface area contributed by atoms with Gasteiger partial charge < -0.3 is 0 Å². The van der Waals surface area contributed by atoms with Gasteiger partial charge in [0, 0.05) is 22.7 Å². The fourth-order valence-corrected chi connectivity index (χ4v) is 2.49. The third kappa shape index (κ3) is 3.38. The van der Waals surface area contributed by atoms with E-state index in [0.717, 1.165) is 4.88 Å². The fourth-order valence-electron chi connectivity index (χ4n) is 1.56. The number of rotatable bonds is 4. The van der Waals surface area contributed by atoms with Crippen LogP contribution in [0.15, 0.2) is 35.7 Å². The molecule has 17 heavy (non-hydrogen) atoms. The molecule has 0 amide bonds. The van der Waals surface area contributed by atoms with E-state index in [9.17, 15) is 9.18 Å². The molecule has 0 atom stereocenters. The summed E-state index contributed by atoms with van der Waals surface area (Å²) in [5, 5.41) is 2.37. The van der Waals surface area contributed by atoms with Crippen LogP contribution in [0.2, 0.25) is 5.02 Å². The van der Waals surface area contributed by atoms with Crippen LogP contribution in [0.3, 0.4) is 0 Å². The highest BCUT2D eigenvalue weighted by molar-refractivity contribution is 7.10. The number of hydrogen-bond acceptors (Lipinski definition) is 2. The molecule has 0 aliphatic carbocycles. The molecular formula is C13H10ClFOS. The van der Waals surface area contributed by atoms with Gasteiger partial charge in [0.2, 0.25) is 0 Å². The number of ketones is 1. The Bertz CT molecular complexity index is 522. The largest absolute Gasteiger partial charge is 0.299 e. The second-order valence-corrected chi connectivity index (χ2v) is 5.18. The Hall–Kier alpha value is -1.19. The molecule has 0 fully saturated rings. The van der Waals surface area contributed by atoms with Crippen molar-refractivity contribution in [1.29, 1.82) is 0 Å². The molecule has 1 aromatic carbocycles. The smallest absolute Gasteiger partial charge is 0.142 e. The molecule has 1 heterocycles. The molecule has 1 aromatic heterocycles. The first-order chi connectivity index (χ1) is 8.15. The summed E-state index contributed by atoms with van der Waals surface area (Å²) in [6.45, 7) is 0. The van der Waals surface area contributed by atoms with Crippen molar-refractivity contribution in [1.82, 2.24) is 0 Å². The number of hydrogen-bond donors (Lipinski definition) is 0. The molecule has 0 bridgehead atoms. The lowest BCUT2D eigenvalue weighted by Gasteiger charge is -2.02. The van der Waals surface area contributed by atoms with E-state index >= 15 is 0 Å². The topological polar surface area (TPSA) is 17.1 Å². The van der Waals surface area contributed by atoms with Gasteiger partial charge in [-0.3, -0.25) is 4.79 Å². The summed E-state index contributed by atoms with van der Waals surface area (Å²) >= 11 is 7.30. The highest BCUT2D eigenvalue weighted by Crippen LogP contribution is 2.17. The second kappa shape index (κ2) is 5.43. The molecule has 1 nitrogen and oxygen atoms in total. The number of carbonyl (C=O) groups excluding carboxylic acids is 1. The summed E-state index contributed by atoms with van der Waals surface area (Å²) in [5.41, 5.74) is 0.360. The van der Waals surface area contributed by atoms with Crippen LogP contribution < -0.4 is 0 Å². The van der Waals surface area contributed by atoms with Gasteiger partial charge in [-0.2, -0.15) is 0 Å². The van der Waals surface area contributed by atoms with Crippen molar-refractivity contribution in [2.45, 2.75) is 12.8 Å². The minimum atomic E-state index is -0.381. The van der Waals surface area contributed by atoms with E-state index in [1.165, 1.54) is 29.5 Å². The molecule has 0 saturated carbocycles. The monoisotopic (exact) mass is 268 g/mol. The average Bonchev–Trinajstić information content (AvgIpc) is 2.76. The van der Waals surface area contributed by atoms with Gasteiger partial charge in [0.15, 0.2) is 0 Å². The molecule has 4 heteroatoms. The van der Waals surface area contributed by atoms with Gasteiger partial charge in [-0.05, 0) is 35.2 Å². The summed E-state index contributed by atoms with van der Waals surface area (Å²) in [5.74, 6) is -0.387. The Morgan fingerprint density at radius 1 is 1.29 bits per heavy atom. The van der Waals surface area contributed by atoms with Crippen LogP contribution in [0.25, 0.3) is 0 Å². The molecule has 2 rings (SSSR count). The molecule has 0 aliphatic heterocycles. The Balaban J connectivity index is 2.05. The molecule has 0 spiro atoms. The third-order valence-corrected chi connectivity index (χ3v) is 3.46. The highest BCUT2D eigenvalue weighted by atomic mass is 35.5. The van der Waals surface area contributed by atoms with Crippen LogP contribution in [0.5, 0.6) is 0 Å². The predicted octanol–water partition coefficient (Wildman–Crippen LogP) is 3.89. The number of Topliss-reactive ketones (excluding diaryl/α,β-unsaturated/α-hetero) is 1. The van der Waals surface area contributed by atoms with Crippen LogP contribution in [-0.2, 0) is 17.6 Å². The number of benzene rings is 1. The van der Waals surface area contributed by atoms with Gasteiger partial charge in [0.25, 0.3) is 0 Å². The van der Waals surface area contributed by atoms with Crippen LogP contribution in [0.1, 0.15) is 10.4 Å². The van der Waals surface area contributed by atoms with E-state index in [-0.39, 0.29) is 18.0 Å². The number of thiophene rings is 1. The molecular weight excluding hydrogens is 259 g/mol. The highest BCUT2D eigenvalue weighted by Gasteiger charge is 2.10. The maximum Gasteiger partial charge on any atom is 0.142 e. The van der Waals surface area contributed by atoms with Crippen molar-refractivity contribution in [3.05, 3.63) is 57.0 Å². The maximum atomic E-state index is 13.4. The molecule has 2 aromatic rings. The quantitative estimate of drug-likeness (QED) is 0.822. The Labute approximate surface area is 108 Å². The zero-order valence-electron chi connectivity index (χ0n) is 8.95. The summed E-state index contributed by atoms with van der Waals surface area (Å²) in [6, 6.07) is 8.06. The minimum absolute atomic E-state index is 0.00591. The van der Waals surface area contributed by atoms with Gasteiger partial charge in [-0.25, -0.2) is 4.39 Å². The molecule has 0 unspecified atom stereocenters. The van der Waals surface area contributed by atoms with Crippen LogP contribution in [0.4, 0.5) is 4.39 Å². The van der Waals surface area contributed by atoms with Crippen molar-refractivity contribution in [2.75, 3.05) is 0 Å². The van der Waals surface area contributed by atoms with E-state index in [4.69, 9.17) is 11.6 Å². The van der Waals surface area contributed by atoms with Crippen molar-refractivity contribution in [2.24, 2.45) is 0 Å². The average molecular weight is 269 g/mol. The predicted molar refractivity (Wildman–Crippen MR) is 68.1 cm³/mol. The standard InChI is InChI=1S/C13H10ClFOS/c14-10-3-4-13(15)9(6-10)7-11(16)8-12-2-1-5-17-12/h1-6H,7-8H2. The second-order valence-electron chi connectivity index (χ2n) is 3.71. The molecule has 0 N–H and O–H groups in total. The summed E-state index contributed by atoms with van der Waals surface area (Å²) in [6.07, 6.45) is 0.438. The summed E-state index contributed by atoms with van der Waals surface area (Å²) in [4.78, 5) is 12.7. The van der Waals surface area contributed by atoms with Gasteiger partial charge >= 0.3 is 0 Å². The zero-order chi connectivity index (χ0) is 12.3. The maximum absolute atomic E-state index is 13.4. The lowest BCUT2D eigenvalue weighted by molar-refractivity contribution is -0.117. The Kier molecular flexibility index (Phi) is 3.92. The fraction of sp³-hybridized carbons (Fsp3) is 0.154. The van der Waals surface area contributed by atoms with Crippen LogP contribution >= 0.6 is 22.9 Å². The van der Waals surface area contributed by atoms with Gasteiger partial charge in [-0.15, -0.1) is 11.3 Å². The molecule has 0 aliphatic rings. The van der Waals surface area contributed by atoms with E-state index in [0.29, 0.717) is 17.0 Å². The van der Waals surface area contributed by atoms with E-state index in [2.05, 4.69) is 0 Å². The summed E-state index contributed by atoms with van der Waals surface area (Å²) in [7, 11) is 0. The third-order valence-electron chi connectivity index (χ3n) is 2.35. The van der Waals surface area contributed by atoms with Gasteiger partial charge in [-0.1, -0.05) is 17.7 Å². The van der Waals surface area contributed by atoms with Crippen molar-refractivity contribution in [3.8, 4) is 0 Å². The van der Waals surface area contributed by atoms with Crippen LogP contribution in [0, 0.1) is 5.82 Å². The first-order valence-electron chi connectivity index (χ1n) is 5.13. The van der Waals surface area contributed by atoms with Crippen molar-refractivity contribution in [3.63, 3.8) is 0 Å². The zero-order valence-corrected chi connectivity index (χ0v) is 10.5. The summed E-state index contributed by atoms with van der Waals surface area (Å²) < 4.78 is 13.4. The van der Waals surface area contributed by atoms with E-state index < -0.39 is 0 Å².